The molecule has 1 nitrogen and oxygen atoms in total. The third kappa shape index (κ3) is 3.79. The zero-order valence-electron chi connectivity index (χ0n) is 11.9. The maximum Gasteiger partial charge on any atom is 0.143 e. The van der Waals surface area contributed by atoms with Gasteiger partial charge in [0.25, 0.3) is 0 Å². The van der Waals surface area contributed by atoms with Crippen LogP contribution in [0.1, 0.15) is 44.6 Å². The van der Waals surface area contributed by atoms with Crippen LogP contribution in [0.25, 0.3) is 0 Å². The second-order valence-electron chi connectivity index (χ2n) is 5.59. The van der Waals surface area contributed by atoms with Gasteiger partial charge in [-0.05, 0) is 59.8 Å². The number of nitrogens with one attached hydrogen (secondary N) is 1. The van der Waals surface area contributed by atoms with Crippen molar-refractivity contribution in [1.29, 1.82) is 0 Å². The predicted octanol–water partition coefficient (Wildman–Crippen LogP) is 4.83. The standard InChI is InChI=1S/C16H22BrF2N/c1-2-20-15(11-6-4-3-5-7-11)10-12-14(18)9-8-13(17)16(12)19/h8-9,11,15,20H,2-7,10H2,1H3. The minimum absolute atomic E-state index is 0.165. The van der Waals surface area contributed by atoms with Crippen LogP contribution in [0.15, 0.2) is 16.6 Å². The maximum atomic E-state index is 14.1. The Morgan fingerprint density at radius 2 is 1.95 bits per heavy atom. The van der Waals surface area contributed by atoms with Crippen molar-refractivity contribution in [2.45, 2.75) is 51.5 Å². The Morgan fingerprint density at radius 3 is 2.60 bits per heavy atom. The Labute approximate surface area is 128 Å². The van der Waals surface area contributed by atoms with E-state index in [4.69, 9.17) is 0 Å². The second-order valence-corrected chi connectivity index (χ2v) is 6.44. The van der Waals surface area contributed by atoms with E-state index in [1.165, 1.54) is 31.4 Å². The highest BCUT2D eigenvalue weighted by Gasteiger charge is 2.25. The summed E-state index contributed by atoms with van der Waals surface area (Å²) in [4.78, 5) is 0. The van der Waals surface area contributed by atoms with Crippen molar-refractivity contribution in [3.05, 3.63) is 33.8 Å². The molecule has 0 aromatic heterocycles. The number of rotatable bonds is 5. The molecule has 1 aliphatic carbocycles. The number of hydrogen-bond donors (Lipinski definition) is 1. The zero-order valence-corrected chi connectivity index (χ0v) is 13.5. The fourth-order valence-electron chi connectivity index (χ4n) is 3.18. The lowest BCUT2D eigenvalue weighted by atomic mass is 9.81. The van der Waals surface area contributed by atoms with Crippen LogP contribution in [0, 0.1) is 17.6 Å². The number of likely N-dealkylation sites (N-methyl/N-ethyl adjacent to an activating group) is 1. The molecule has 0 amide bonds. The first-order valence-electron chi connectivity index (χ1n) is 7.49. The van der Waals surface area contributed by atoms with Crippen molar-refractivity contribution < 1.29 is 8.78 Å². The second kappa shape index (κ2) is 7.51. The fraction of sp³-hybridized carbons (Fsp3) is 0.625. The first kappa shape index (κ1) is 15.9. The van der Waals surface area contributed by atoms with Gasteiger partial charge in [0, 0.05) is 11.6 Å². The van der Waals surface area contributed by atoms with E-state index in [9.17, 15) is 8.78 Å². The van der Waals surface area contributed by atoms with Crippen LogP contribution in [-0.2, 0) is 6.42 Å². The molecule has 1 aromatic rings. The van der Waals surface area contributed by atoms with Gasteiger partial charge in [0.2, 0.25) is 0 Å². The molecule has 1 fully saturated rings. The molecule has 20 heavy (non-hydrogen) atoms. The average Bonchev–Trinajstić information content (AvgIpc) is 2.47. The summed E-state index contributed by atoms with van der Waals surface area (Å²) < 4.78 is 28.4. The Balaban J connectivity index is 2.17. The Morgan fingerprint density at radius 1 is 1.25 bits per heavy atom. The molecule has 0 spiro atoms. The van der Waals surface area contributed by atoms with E-state index in [1.54, 1.807) is 0 Å². The van der Waals surface area contributed by atoms with Crippen LogP contribution in [0.3, 0.4) is 0 Å². The molecule has 1 N–H and O–H groups in total. The molecular formula is C16H22BrF2N. The van der Waals surface area contributed by atoms with Gasteiger partial charge >= 0.3 is 0 Å². The Kier molecular flexibility index (Phi) is 5.97. The Bertz CT molecular complexity index is 444. The van der Waals surface area contributed by atoms with Gasteiger partial charge in [-0.1, -0.05) is 26.2 Å². The van der Waals surface area contributed by atoms with Gasteiger partial charge in [0.15, 0.2) is 0 Å². The minimum Gasteiger partial charge on any atom is -0.314 e. The van der Waals surface area contributed by atoms with Crippen LogP contribution in [-0.4, -0.2) is 12.6 Å². The molecule has 1 saturated carbocycles. The molecule has 0 aliphatic heterocycles. The highest BCUT2D eigenvalue weighted by Crippen LogP contribution is 2.30. The van der Waals surface area contributed by atoms with Crippen molar-refractivity contribution in [3.8, 4) is 0 Å². The van der Waals surface area contributed by atoms with Crippen LogP contribution in [0.5, 0.6) is 0 Å². The maximum absolute atomic E-state index is 14.1. The number of halogens is 3. The monoisotopic (exact) mass is 345 g/mol. The first-order chi connectivity index (χ1) is 9.63. The van der Waals surface area contributed by atoms with Crippen molar-refractivity contribution in [1.82, 2.24) is 5.32 Å². The third-order valence-corrected chi connectivity index (χ3v) is 4.86. The molecule has 1 aromatic carbocycles. The molecule has 0 saturated heterocycles. The summed E-state index contributed by atoms with van der Waals surface area (Å²) in [6.45, 7) is 2.88. The highest BCUT2D eigenvalue weighted by molar-refractivity contribution is 9.10. The molecule has 112 valence electrons. The number of hydrogen-bond acceptors (Lipinski definition) is 1. The first-order valence-corrected chi connectivity index (χ1v) is 8.28. The van der Waals surface area contributed by atoms with Gasteiger partial charge in [0.05, 0.1) is 4.47 Å². The summed E-state index contributed by atoms with van der Waals surface area (Å²) >= 11 is 3.14. The van der Waals surface area contributed by atoms with E-state index in [2.05, 4.69) is 21.2 Å². The molecule has 0 radical (unpaired) electrons. The van der Waals surface area contributed by atoms with E-state index < -0.39 is 11.6 Å². The lowest BCUT2D eigenvalue weighted by molar-refractivity contribution is 0.266. The van der Waals surface area contributed by atoms with Crippen LogP contribution in [0.2, 0.25) is 0 Å². The van der Waals surface area contributed by atoms with Gasteiger partial charge in [-0.2, -0.15) is 0 Å². The largest absolute Gasteiger partial charge is 0.314 e. The molecule has 1 aliphatic rings. The summed E-state index contributed by atoms with van der Waals surface area (Å²) in [7, 11) is 0. The summed E-state index contributed by atoms with van der Waals surface area (Å²) in [6, 6.07) is 2.93. The quantitative estimate of drug-likeness (QED) is 0.753. The van der Waals surface area contributed by atoms with Crippen molar-refractivity contribution in [2.75, 3.05) is 6.54 Å². The van der Waals surface area contributed by atoms with Gasteiger partial charge in [-0.3, -0.25) is 0 Å². The molecule has 2 rings (SSSR count). The number of benzene rings is 1. The topological polar surface area (TPSA) is 12.0 Å². The van der Waals surface area contributed by atoms with E-state index in [0.717, 1.165) is 19.4 Å². The third-order valence-electron chi connectivity index (χ3n) is 4.25. The predicted molar refractivity (Wildman–Crippen MR) is 81.8 cm³/mol. The van der Waals surface area contributed by atoms with Gasteiger partial charge < -0.3 is 5.32 Å². The van der Waals surface area contributed by atoms with Crippen molar-refractivity contribution in [3.63, 3.8) is 0 Å². The van der Waals surface area contributed by atoms with Gasteiger partial charge in [0.1, 0.15) is 11.6 Å². The van der Waals surface area contributed by atoms with Crippen molar-refractivity contribution in [2.24, 2.45) is 5.92 Å². The smallest absolute Gasteiger partial charge is 0.143 e. The van der Waals surface area contributed by atoms with Gasteiger partial charge in [-0.15, -0.1) is 0 Å². The summed E-state index contributed by atoms with van der Waals surface area (Å²) in [6.07, 6.45) is 6.50. The van der Waals surface area contributed by atoms with Crippen LogP contribution < -0.4 is 5.32 Å². The van der Waals surface area contributed by atoms with Crippen LogP contribution >= 0.6 is 15.9 Å². The lowest BCUT2D eigenvalue weighted by Gasteiger charge is -2.31. The Hall–Kier alpha value is -0.480. The highest BCUT2D eigenvalue weighted by atomic mass is 79.9. The lowest BCUT2D eigenvalue weighted by Crippen LogP contribution is -2.39. The summed E-state index contributed by atoms with van der Waals surface area (Å²) in [5.74, 6) is -0.366. The summed E-state index contributed by atoms with van der Waals surface area (Å²) in [5.41, 5.74) is 0.205. The average molecular weight is 346 g/mol. The molecular weight excluding hydrogens is 324 g/mol. The van der Waals surface area contributed by atoms with E-state index in [0.29, 0.717) is 16.8 Å². The normalized spacial score (nSPS) is 18.2. The van der Waals surface area contributed by atoms with Gasteiger partial charge in [-0.25, -0.2) is 8.78 Å². The molecule has 1 atom stereocenters. The molecule has 1 unspecified atom stereocenters. The SMILES string of the molecule is CCNC(Cc1c(F)ccc(Br)c1F)C1CCCCC1. The molecule has 0 heterocycles. The molecule has 0 bridgehead atoms. The van der Waals surface area contributed by atoms with E-state index >= 15 is 0 Å². The van der Waals surface area contributed by atoms with Crippen molar-refractivity contribution >= 4 is 15.9 Å². The van der Waals surface area contributed by atoms with Crippen LogP contribution in [0.4, 0.5) is 8.78 Å². The molecule has 4 heteroatoms. The van der Waals surface area contributed by atoms with E-state index in [-0.39, 0.29) is 11.6 Å². The minimum atomic E-state index is -0.455. The van der Waals surface area contributed by atoms with E-state index in [1.807, 2.05) is 6.92 Å². The fourth-order valence-corrected chi connectivity index (χ4v) is 3.55. The zero-order chi connectivity index (χ0) is 14.5. The summed E-state index contributed by atoms with van der Waals surface area (Å²) in [5, 5.41) is 3.43.